The molecule has 5 N–H and O–H groups in total. The van der Waals surface area contributed by atoms with Crippen molar-refractivity contribution in [1.82, 2.24) is 19.9 Å². The third-order valence-electron chi connectivity index (χ3n) is 9.97. The van der Waals surface area contributed by atoms with E-state index in [1.807, 2.05) is 32.1 Å². The molecule has 0 bridgehead atoms. The SMILES string of the molecule is C=C/C=C(/c1cc(F)cc(CCCN2CCCC2)c1)c1nc(C(=N)C(=C/C(=C)c2cncc(NC(=C)CC3CCCCC3)c2)/C(N)=C\C)[nH]c1C. The lowest BCUT2D eigenvalue weighted by molar-refractivity contribution is 0.334. The zero-order valence-electron chi connectivity index (χ0n) is 30.5. The quantitative estimate of drug-likeness (QED) is 0.0886. The minimum atomic E-state index is -0.285. The summed E-state index contributed by atoms with van der Waals surface area (Å²) in [7, 11) is 0. The van der Waals surface area contributed by atoms with Crippen LogP contribution >= 0.6 is 0 Å². The zero-order chi connectivity index (χ0) is 36.3. The molecule has 1 aliphatic heterocycles. The maximum Gasteiger partial charge on any atom is 0.156 e. The summed E-state index contributed by atoms with van der Waals surface area (Å²) in [5.41, 5.74) is 14.6. The summed E-state index contributed by atoms with van der Waals surface area (Å²) in [6.45, 7) is 19.6. The van der Waals surface area contributed by atoms with Crippen LogP contribution in [0.25, 0.3) is 11.1 Å². The Morgan fingerprint density at radius 2 is 1.84 bits per heavy atom. The summed E-state index contributed by atoms with van der Waals surface area (Å²) in [6.07, 6.45) is 22.3. The van der Waals surface area contributed by atoms with E-state index in [9.17, 15) is 5.41 Å². The third-order valence-corrected chi connectivity index (χ3v) is 9.97. The highest BCUT2D eigenvalue weighted by Gasteiger charge is 2.21. The van der Waals surface area contributed by atoms with Crippen LogP contribution < -0.4 is 11.1 Å². The molecule has 268 valence electrons. The number of anilines is 1. The van der Waals surface area contributed by atoms with Crippen LogP contribution in [0.2, 0.25) is 0 Å². The summed E-state index contributed by atoms with van der Waals surface area (Å²) in [4.78, 5) is 15.1. The van der Waals surface area contributed by atoms with Crippen LogP contribution in [0.15, 0.2) is 97.7 Å². The molecule has 0 atom stereocenters. The van der Waals surface area contributed by atoms with Crippen molar-refractivity contribution in [2.45, 2.75) is 78.1 Å². The number of nitrogens with zero attached hydrogens (tertiary/aromatic N) is 3. The maximum absolute atomic E-state index is 15.0. The number of aryl methyl sites for hydroxylation is 2. The molecule has 0 unspecified atom stereocenters. The highest BCUT2D eigenvalue weighted by atomic mass is 19.1. The number of hydrogen-bond acceptors (Lipinski definition) is 6. The topological polar surface area (TPSA) is 107 Å². The average Bonchev–Trinajstić information content (AvgIpc) is 3.79. The lowest BCUT2D eigenvalue weighted by Crippen LogP contribution is -2.20. The van der Waals surface area contributed by atoms with Gasteiger partial charge in [-0.3, -0.25) is 10.4 Å². The first-order valence-corrected chi connectivity index (χ1v) is 18.4. The second-order valence-electron chi connectivity index (χ2n) is 14.0. The molecule has 7 nitrogen and oxygen atoms in total. The average molecular weight is 688 g/mol. The van der Waals surface area contributed by atoms with Crippen molar-refractivity contribution >= 4 is 22.5 Å². The molecule has 2 aromatic heterocycles. The first-order chi connectivity index (χ1) is 24.6. The number of benzene rings is 1. The molecule has 1 saturated heterocycles. The highest BCUT2D eigenvalue weighted by Crippen LogP contribution is 2.31. The summed E-state index contributed by atoms with van der Waals surface area (Å²) in [6, 6.07) is 7.19. The fraction of sp³-hybridized carbons (Fsp3) is 0.372. The van der Waals surface area contributed by atoms with Crippen LogP contribution in [-0.4, -0.2) is 45.2 Å². The monoisotopic (exact) mass is 687 g/mol. The van der Waals surface area contributed by atoms with Crippen molar-refractivity contribution in [3.8, 4) is 0 Å². The summed E-state index contributed by atoms with van der Waals surface area (Å²) < 4.78 is 15.0. The second kappa shape index (κ2) is 17.9. The fourth-order valence-corrected chi connectivity index (χ4v) is 7.25. The second-order valence-corrected chi connectivity index (χ2v) is 14.0. The Hall–Kier alpha value is -4.82. The summed E-state index contributed by atoms with van der Waals surface area (Å²) in [5, 5.41) is 12.7. The van der Waals surface area contributed by atoms with Gasteiger partial charge in [-0.1, -0.05) is 76.1 Å². The number of pyridine rings is 1. The smallest absolute Gasteiger partial charge is 0.156 e. The lowest BCUT2D eigenvalue weighted by Gasteiger charge is -2.23. The molecule has 8 heteroatoms. The van der Waals surface area contributed by atoms with Gasteiger partial charge in [0.15, 0.2) is 5.82 Å². The van der Waals surface area contributed by atoms with E-state index in [1.54, 1.807) is 36.7 Å². The number of aromatic nitrogens is 3. The van der Waals surface area contributed by atoms with E-state index in [4.69, 9.17) is 10.7 Å². The molecule has 3 heterocycles. The molecule has 51 heavy (non-hydrogen) atoms. The Labute approximate surface area is 303 Å². The molecule has 0 spiro atoms. The first-order valence-electron chi connectivity index (χ1n) is 18.4. The van der Waals surface area contributed by atoms with Crippen LogP contribution in [0.1, 0.15) is 98.6 Å². The standard InChI is InChI=1S/C43H54FN7/c1-6-14-38(34-23-33(24-36(44)25-34)17-13-20-51-18-11-12-19-51)42-31(5)49-43(50-42)41(46)39(40(45)7-2)21-29(3)35-26-37(28-47-27-35)48-30(4)22-32-15-9-8-10-16-32/h6-7,14,21,23-28,32,46,48H,1,3-4,8-13,15-20,22,45H2,2,5H3,(H,49,50)/b38-14-,39-21+,40-7+,46-41?. The van der Waals surface area contributed by atoms with Gasteiger partial charge in [0, 0.05) is 40.0 Å². The van der Waals surface area contributed by atoms with Gasteiger partial charge >= 0.3 is 0 Å². The van der Waals surface area contributed by atoms with Crippen molar-refractivity contribution in [1.29, 1.82) is 5.41 Å². The molecule has 1 saturated carbocycles. The van der Waals surface area contributed by atoms with E-state index < -0.39 is 0 Å². The van der Waals surface area contributed by atoms with Gasteiger partial charge in [0.25, 0.3) is 0 Å². The van der Waals surface area contributed by atoms with Gasteiger partial charge in [-0.15, -0.1) is 0 Å². The van der Waals surface area contributed by atoms with Gasteiger partial charge in [-0.05, 0) is 112 Å². The number of aromatic amines is 1. The molecule has 1 aliphatic carbocycles. The Morgan fingerprint density at radius 3 is 2.57 bits per heavy atom. The number of rotatable bonds is 16. The fourth-order valence-electron chi connectivity index (χ4n) is 7.25. The highest BCUT2D eigenvalue weighted by molar-refractivity contribution is 6.12. The first kappa shape index (κ1) is 37.4. The van der Waals surface area contributed by atoms with E-state index >= 15 is 4.39 Å². The van der Waals surface area contributed by atoms with E-state index in [-0.39, 0.29) is 11.5 Å². The Balaban J connectivity index is 1.35. The van der Waals surface area contributed by atoms with Crippen molar-refractivity contribution in [2.75, 3.05) is 25.0 Å². The van der Waals surface area contributed by atoms with Crippen molar-refractivity contribution in [2.24, 2.45) is 11.7 Å². The molecule has 5 rings (SSSR count). The Kier molecular flexibility index (Phi) is 13.1. The van der Waals surface area contributed by atoms with Crippen LogP contribution in [0.5, 0.6) is 0 Å². The molecule has 0 amide bonds. The number of nitrogens with one attached hydrogen (secondary N) is 3. The number of allylic oxidation sites excluding steroid dienone is 7. The van der Waals surface area contributed by atoms with Crippen LogP contribution in [0, 0.1) is 24.1 Å². The van der Waals surface area contributed by atoms with Crippen LogP contribution in [0.4, 0.5) is 10.1 Å². The summed E-state index contributed by atoms with van der Waals surface area (Å²) >= 11 is 0. The van der Waals surface area contributed by atoms with Gasteiger partial charge < -0.3 is 20.9 Å². The molecular weight excluding hydrogens is 634 g/mol. The van der Waals surface area contributed by atoms with Crippen LogP contribution in [0.3, 0.4) is 0 Å². The van der Waals surface area contributed by atoms with E-state index in [2.05, 4.69) is 39.9 Å². The van der Waals surface area contributed by atoms with Crippen LogP contribution in [-0.2, 0) is 6.42 Å². The molecular formula is C43H54FN7. The maximum atomic E-state index is 15.0. The normalized spacial score (nSPS) is 16.3. The molecule has 0 radical (unpaired) electrons. The van der Waals surface area contributed by atoms with Gasteiger partial charge in [0.05, 0.1) is 17.6 Å². The minimum Gasteiger partial charge on any atom is -0.398 e. The van der Waals surface area contributed by atoms with Gasteiger partial charge in [-0.2, -0.15) is 0 Å². The largest absolute Gasteiger partial charge is 0.398 e. The number of H-pyrrole nitrogens is 1. The number of halogens is 1. The minimum absolute atomic E-state index is 0.115. The Morgan fingerprint density at radius 1 is 1.08 bits per heavy atom. The Bertz CT molecular complexity index is 1830. The molecule has 3 aromatic rings. The van der Waals surface area contributed by atoms with Gasteiger partial charge in [-0.25, -0.2) is 9.37 Å². The van der Waals surface area contributed by atoms with Crippen molar-refractivity contribution < 1.29 is 4.39 Å². The third kappa shape index (κ3) is 10.1. The van der Waals surface area contributed by atoms with E-state index in [1.165, 1.54) is 51.0 Å². The molecule has 2 fully saturated rings. The van der Waals surface area contributed by atoms with E-state index in [0.717, 1.165) is 78.2 Å². The van der Waals surface area contributed by atoms with Gasteiger partial charge in [0.1, 0.15) is 11.5 Å². The molecule has 2 aliphatic rings. The summed E-state index contributed by atoms with van der Waals surface area (Å²) in [5.74, 6) is 0.739. The number of likely N-dealkylation sites (tertiary alicyclic amines) is 1. The van der Waals surface area contributed by atoms with Gasteiger partial charge in [0.2, 0.25) is 0 Å². The number of imidazole rings is 1. The number of hydrogen-bond donors (Lipinski definition) is 4. The molecule has 1 aromatic carbocycles. The van der Waals surface area contributed by atoms with Crippen molar-refractivity contribution in [3.63, 3.8) is 0 Å². The van der Waals surface area contributed by atoms with Crippen molar-refractivity contribution in [3.05, 3.63) is 137 Å². The lowest BCUT2D eigenvalue weighted by atomic mass is 9.86. The van der Waals surface area contributed by atoms with E-state index in [0.29, 0.717) is 34.3 Å². The zero-order valence-corrected chi connectivity index (χ0v) is 30.5. The predicted octanol–water partition coefficient (Wildman–Crippen LogP) is 9.66. The predicted molar refractivity (Wildman–Crippen MR) is 211 cm³/mol. The number of nitrogens with two attached hydrogens (primary N) is 1.